The number of thiophene rings is 1. The van der Waals surface area contributed by atoms with Gasteiger partial charge in [-0.2, -0.15) is 0 Å². The summed E-state index contributed by atoms with van der Waals surface area (Å²) in [6, 6.07) is 8.47. The zero-order valence-corrected chi connectivity index (χ0v) is 17.5. The first-order chi connectivity index (χ1) is 12.8. The summed E-state index contributed by atoms with van der Waals surface area (Å²) >= 11 is 13.4. The van der Waals surface area contributed by atoms with Crippen molar-refractivity contribution in [2.45, 2.75) is 45.6 Å². The summed E-state index contributed by atoms with van der Waals surface area (Å²) < 4.78 is 0. The fraction of sp³-hybridized carbons (Fsp3) is 0.350. The molecule has 2 rings (SSSR count). The van der Waals surface area contributed by atoms with Gasteiger partial charge in [-0.25, -0.2) is 0 Å². The van der Waals surface area contributed by atoms with Crippen LogP contribution in [0.5, 0.6) is 0 Å². The molecule has 1 aromatic heterocycles. The highest BCUT2D eigenvalue weighted by atomic mass is 35.5. The zero-order chi connectivity index (χ0) is 20.0. The molecule has 1 N–H and O–H groups in total. The van der Waals surface area contributed by atoms with Crippen LogP contribution in [0.25, 0.3) is 0 Å². The Bertz CT molecular complexity index is 848. The highest BCUT2D eigenvalue weighted by molar-refractivity contribution is 7.14. The molecule has 1 heterocycles. The van der Waals surface area contributed by atoms with Gasteiger partial charge in [-0.15, -0.1) is 11.3 Å². The van der Waals surface area contributed by atoms with Crippen LogP contribution in [0.4, 0.5) is 0 Å². The number of nitrogens with one attached hydrogen (secondary N) is 1. The summed E-state index contributed by atoms with van der Waals surface area (Å²) in [5.74, 6) is -0.358. The number of carbonyl (C=O) groups excluding carboxylic acids is 3. The van der Waals surface area contributed by atoms with E-state index in [2.05, 4.69) is 5.32 Å². The van der Waals surface area contributed by atoms with Gasteiger partial charge in [0.25, 0.3) is 0 Å². The molecule has 4 nitrogen and oxygen atoms in total. The quantitative estimate of drug-likeness (QED) is 0.535. The summed E-state index contributed by atoms with van der Waals surface area (Å²) in [6.07, 6.45) is 0.531. The first kappa shape index (κ1) is 21.6. The molecule has 0 bridgehead atoms. The second kappa shape index (κ2) is 10.0. The van der Waals surface area contributed by atoms with Crippen molar-refractivity contribution in [2.75, 3.05) is 0 Å². The molecule has 1 aromatic carbocycles. The lowest BCUT2D eigenvalue weighted by atomic mass is 10.1. The van der Waals surface area contributed by atoms with E-state index < -0.39 is 0 Å². The van der Waals surface area contributed by atoms with Crippen molar-refractivity contribution in [1.82, 2.24) is 5.32 Å². The van der Waals surface area contributed by atoms with Gasteiger partial charge in [0.05, 0.1) is 10.9 Å². The molecule has 1 atom stereocenters. The van der Waals surface area contributed by atoms with Crippen LogP contribution < -0.4 is 5.32 Å². The van der Waals surface area contributed by atoms with Crippen molar-refractivity contribution in [3.05, 3.63) is 55.7 Å². The SMILES string of the molecule is Cc1ccc(C(=O)CCC(=O)CCC(=O)NC(C)c2ccc(Cl)cc2Cl)s1. The van der Waals surface area contributed by atoms with E-state index in [1.165, 1.54) is 11.3 Å². The van der Waals surface area contributed by atoms with Crippen LogP contribution in [0.3, 0.4) is 0 Å². The monoisotopic (exact) mass is 425 g/mol. The predicted octanol–water partition coefficient (Wildman–Crippen LogP) is 5.55. The fourth-order valence-corrected chi connectivity index (χ4v) is 3.99. The molecule has 144 valence electrons. The molecule has 7 heteroatoms. The maximum absolute atomic E-state index is 12.1. The highest BCUT2D eigenvalue weighted by Crippen LogP contribution is 2.26. The Morgan fingerprint density at radius 1 is 1.04 bits per heavy atom. The number of hydrogen-bond acceptors (Lipinski definition) is 4. The van der Waals surface area contributed by atoms with Gasteiger partial charge in [0.15, 0.2) is 5.78 Å². The van der Waals surface area contributed by atoms with Gasteiger partial charge >= 0.3 is 0 Å². The topological polar surface area (TPSA) is 63.2 Å². The van der Waals surface area contributed by atoms with E-state index in [0.29, 0.717) is 14.9 Å². The van der Waals surface area contributed by atoms with Gasteiger partial charge in [-0.05, 0) is 43.7 Å². The molecule has 0 saturated heterocycles. The second-order valence-corrected chi connectivity index (χ2v) is 8.46. The third kappa shape index (κ3) is 6.76. The molecular formula is C20H21Cl2NO3S. The van der Waals surface area contributed by atoms with E-state index in [-0.39, 0.29) is 49.2 Å². The predicted molar refractivity (Wildman–Crippen MR) is 110 cm³/mol. The van der Waals surface area contributed by atoms with Crippen molar-refractivity contribution in [3.8, 4) is 0 Å². The molecule has 0 saturated carbocycles. The van der Waals surface area contributed by atoms with Crippen LogP contribution in [0.1, 0.15) is 58.8 Å². The lowest BCUT2D eigenvalue weighted by Crippen LogP contribution is -2.27. The Hall–Kier alpha value is -1.69. The third-order valence-electron chi connectivity index (χ3n) is 4.08. The number of amides is 1. The summed E-state index contributed by atoms with van der Waals surface area (Å²) in [5.41, 5.74) is 0.762. The van der Waals surface area contributed by atoms with Gasteiger partial charge in [-0.3, -0.25) is 14.4 Å². The van der Waals surface area contributed by atoms with Gasteiger partial charge in [0, 0.05) is 40.6 Å². The van der Waals surface area contributed by atoms with Gasteiger partial charge in [-0.1, -0.05) is 29.3 Å². The van der Waals surface area contributed by atoms with Crippen molar-refractivity contribution < 1.29 is 14.4 Å². The molecular weight excluding hydrogens is 405 g/mol. The first-order valence-corrected chi connectivity index (χ1v) is 10.2. The average Bonchev–Trinajstić information content (AvgIpc) is 3.04. The summed E-state index contributed by atoms with van der Waals surface area (Å²) in [5, 5.41) is 3.83. The average molecular weight is 426 g/mol. The highest BCUT2D eigenvalue weighted by Gasteiger charge is 2.15. The molecule has 0 radical (unpaired) electrons. The number of rotatable bonds is 9. The smallest absolute Gasteiger partial charge is 0.220 e. The molecule has 27 heavy (non-hydrogen) atoms. The van der Waals surface area contributed by atoms with Crippen LogP contribution >= 0.6 is 34.5 Å². The van der Waals surface area contributed by atoms with Crippen molar-refractivity contribution in [2.24, 2.45) is 0 Å². The Labute approximate surface area is 172 Å². The maximum Gasteiger partial charge on any atom is 0.220 e. The maximum atomic E-state index is 12.1. The van der Waals surface area contributed by atoms with E-state index in [9.17, 15) is 14.4 Å². The van der Waals surface area contributed by atoms with E-state index in [1.54, 1.807) is 24.3 Å². The molecule has 2 aromatic rings. The lowest BCUT2D eigenvalue weighted by molar-refractivity contribution is -0.125. The van der Waals surface area contributed by atoms with E-state index in [4.69, 9.17) is 23.2 Å². The lowest BCUT2D eigenvalue weighted by Gasteiger charge is -2.16. The Kier molecular flexibility index (Phi) is 8.02. The summed E-state index contributed by atoms with van der Waals surface area (Å²) in [6.45, 7) is 3.75. The Morgan fingerprint density at radius 2 is 1.74 bits per heavy atom. The minimum absolute atomic E-state index is 0.0306. The van der Waals surface area contributed by atoms with Crippen LogP contribution in [-0.2, 0) is 9.59 Å². The minimum Gasteiger partial charge on any atom is -0.350 e. The number of carbonyl (C=O) groups is 3. The molecule has 1 amide bonds. The molecule has 0 aliphatic heterocycles. The molecule has 0 aliphatic rings. The number of Topliss-reactive ketones (excluding diaryl/α,β-unsaturated/α-hetero) is 2. The molecule has 0 aliphatic carbocycles. The largest absolute Gasteiger partial charge is 0.350 e. The number of benzene rings is 1. The van der Waals surface area contributed by atoms with Gasteiger partial charge in [0.1, 0.15) is 5.78 Å². The molecule has 0 spiro atoms. The van der Waals surface area contributed by atoms with E-state index in [1.807, 2.05) is 19.9 Å². The zero-order valence-electron chi connectivity index (χ0n) is 15.2. The van der Waals surface area contributed by atoms with Gasteiger partial charge < -0.3 is 5.32 Å². The van der Waals surface area contributed by atoms with E-state index in [0.717, 1.165) is 10.4 Å². The Morgan fingerprint density at radius 3 is 2.37 bits per heavy atom. The number of halogens is 2. The van der Waals surface area contributed by atoms with Crippen molar-refractivity contribution >= 4 is 52.0 Å². The van der Waals surface area contributed by atoms with Crippen LogP contribution in [0, 0.1) is 6.92 Å². The van der Waals surface area contributed by atoms with Crippen LogP contribution in [-0.4, -0.2) is 17.5 Å². The van der Waals surface area contributed by atoms with Gasteiger partial charge in [0.2, 0.25) is 5.91 Å². The number of ketones is 2. The molecule has 1 unspecified atom stereocenters. The molecule has 0 fully saturated rings. The minimum atomic E-state index is -0.291. The van der Waals surface area contributed by atoms with Crippen molar-refractivity contribution in [1.29, 1.82) is 0 Å². The number of aryl methyl sites for hydroxylation is 1. The normalized spacial score (nSPS) is 11.9. The summed E-state index contributed by atoms with van der Waals surface area (Å²) in [4.78, 5) is 37.8. The van der Waals surface area contributed by atoms with Crippen LogP contribution in [0.15, 0.2) is 30.3 Å². The first-order valence-electron chi connectivity index (χ1n) is 8.62. The standard InChI is InChI=1S/C20H21Cl2NO3S/c1-12-3-9-19(27-12)18(25)8-5-15(24)6-10-20(26)23-13(2)16-7-4-14(21)11-17(16)22/h3-4,7,9,11,13H,5-6,8,10H2,1-2H3,(H,23,26). The third-order valence-corrected chi connectivity index (χ3v) is 5.69. The summed E-state index contributed by atoms with van der Waals surface area (Å²) in [7, 11) is 0. The number of hydrogen-bond donors (Lipinski definition) is 1. The fourth-order valence-electron chi connectivity index (χ4n) is 2.58. The van der Waals surface area contributed by atoms with Crippen LogP contribution in [0.2, 0.25) is 10.0 Å². The van der Waals surface area contributed by atoms with E-state index >= 15 is 0 Å². The second-order valence-electron chi connectivity index (χ2n) is 6.33. The Balaban J connectivity index is 1.74. The van der Waals surface area contributed by atoms with Crippen molar-refractivity contribution in [3.63, 3.8) is 0 Å².